The van der Waals surface area contributed by atoms with Gasteiger partial charge in [0.25, 0.3) is 0 Å². The number of hydrogen-bond donors (Lipinski definition) is 0. The van der Waals surface area contributed by atoms with Crippen LogP contribution in [0.3, 0.4) is 0 Å². The lowest BCUT2D eigenvalue weighted by molar-refractivity contribution is -0.348. The van der Waals surface area contributed by atoms with Crippen molar-refractivity contribution in [3.63, 3.8) is 0 Å². The molecular formula is C26H30F7NO2. The van der Waals surface area contributed by atoms with Crippen molar-refractivity contribution in [2.24, 2.45) is 11.8 Å². The van der Waals surface area contributed by atoms with Gasteiger partial charge in [0.05, 0.1) is 0 Å². The molecule has 1 amide bonds. The molecule has 0 spiro atoms. The fourth-order valence-electron chi connectivity index (χ4n) is 6.40. The van der Waals surface area contributed by atoms with Gasteiger partial charge in [0.1, 0.15) is 5.78 Å². The van der Waals surface area contributed by atoms with E-state index in [9.17, 15) is 40.3 Å². The molecule has 2 aliphatic carbocycles. The number of alkyl halides is 7. The third kappa shape index (κ3) is 4.64. The summed E-state index contributed by atoms with van der Waals surface area (Å²) in [6, 6.07) is 2.27. The second-order valence-corrected chi connectivity index (χ2v) is 10.5. The van der Waals surface area contributed by atoms with E-state index in [1.807, 2.05) is 4.90 Å². The molecule has 200 valence electrons. The number of ketones is 1. The standard InChI is InChI=1S/C26H30F7NO2/c1-15(35)16-4-2-3-5-17(7-6-16)23(36)34-13-12-21-20-10-9-19(14-18(20)8-11-22(21)34)24(27,25(28,29)30)26(31,32)33/h9-10,14,16-17,21-22H,2-8,11-13H2,1H3/t16?,17?,21-,22+/m0/s1. The summed E-state index contributed by atoms with van der Waals surface area (Å²) in [4.78, 5) is 27.1. The first-order valence-electron chi connectivity index (χ1n) is 12.5. The monoisotopic (exact) mass is 521 g/mol. The molecule has 3 aliphatic rings. The van der Waals surface area contributed by atoms with Gasteiger partial charge < -0.3 is 4.90 Å². The first-order chi connectivity index (χ1) is 16.8. The smallest absolute Gasteiger partial charge is 0.339 e. The molecule has 1 saturated carbocycles. The topological polar surface area (TPSA) is 37.4 Å². The Hall–Kier alpha value is -2.13. The summed E-state index contributed by atoms with van der Waals surface area (Å²) >= 11 is 0. The summed E-state index contributed by atoms with van der Waals surface area (Å²) in [5.74, 6) is -0.278. The number of carbonyl (C=O) groups excluding carboxylic acids is 2. The molecule has 2 fully saturated rings. The van der Waals surface area contributed by atoms with Crippen LogP contribution in [0.5, 0.6) is 0 Å². The van der Waals surface area contributed by atoms with Crippen LogP contribution in [0.1, 0.15) is 80.9 Å². The summed E-state index contributed by atoms with van der Waals surface area (Å²) < 4.78 is 93.9. The quantitative estimate of drug-likeness (QED) is 0.411. The van der Waals surface area contributed by atoms with Crippen LogP contribution >= 0.6 is 0 Å². The highest BCUT2D eigenvalue weighted by Crippen LogP contribution is 2.54. The number of nitrogens with zero attached hydrogens (tertiary/aromatic N) is 1. The third-order valence-corrected chi connectivity index (χ3v) is 8.40. The molecule has 36 heavy (non-hydrogen) atoms. The lowest BCUT2D eigenvalue weighted by atomic mass is 9.77. The molecule has 3 nitrogen and oxygen atoms in total. The molecule has 0 radical (unpaired) electrons. The molecule has 1 saturated heterocycles. The van der Waals surface area contributed by atoms with Crippen molar-refractivity contribution >= 4 is 11.7 Å². The summed E-state index contributed by atoms with van der Waals surface area (Å²) in [6.45, 7) is 2.04. The van der Waals surface area contributed by atoms with Gasteiger partial charge in [-0.1, -0.05) is 31.0 Å². The maximum absolute atomic E-state index is 14.6. The SMILES string of the molecule is CC(=O)C1CCCCC(C(=O)N2CC[C@H]3c4ccc(C(F)(C(F)(F)F)C(F)(F)F)cc4CC[C@H]32)CC1. The zero-order chi connectivity index (χ0) is 26.5. The van der Waals surface area contributed by atoms with Crippen LogP contribution in [0.4, 0.5) is 30.7 Å². The Labute approximate surface area is 205 Å². The van der Waals surface area contributed by atoms with Crippen molar-refractivity contribution in [3.05, 3.63) is 34.9 Å². The van der Waals surface area contributed by atoms with E-state index in [1.165, 1.54) is 6.07 Å². The van der Waals surface area contributed by atoms with Crippen LogP contribution in [-0.4, -0.2) is 41.5 Å². The summed E-state index contributed by atoms with van der Waals surface area (Å²) in [6.07, 6.45) is -6.56. The molecule has 10 heteroatoms. The molecule has 1 heterocycles. The zero-order valence-corrected chi connectivity index (χ0v) is 20.0. The number of carbonyl (C=O) groups is 2. The largest absolute Gasteiger partial charge is 0.435 e. The van der Waals surface area contributed by atoms with Gasteiger partial charge in [-0.15, -0.1) is 0 Å². The average Bonchev–Trinajstić information content (AvgIpc) is 3.20. The van der Waals surface area contributed by atoms with Crippen molar-refractivity contribution in [1.82, 2.24) is 4.90 Å². The Kier molecular flexibility index (Phi) is 7.20. The Balaban J connectivity index is 1.54. The van der Waals surface area contributed by atoms with E-state index in [-0.39, 0.29) is 47.5 Å². The van der Waals surface area contributed by atoms with Gasteiger partial charge in [0, 0.05) is 35.9 Å². The molecule has 4 atom stereocenters. The number of hydrogen-bond acceptors (Lipinski definition) is 2. The summed E-state index contributed by atoms with van der Waals surface area (Å²) in [7, 11) is 0. The van der Waals surface area contributed by atoms with E-state index >= 15 is 0 Å². The highest BCUT2D eigenvalue weighted by Gasteiger charge is 2.73. The van der Waals surface area contributed by atoms with Gasteiger partial charge in [0.15, 0.2) is 0 Å². The molecule has 0 aromatic heterocycles. The number of benzene rings is 1. The normalized spacial score (nSPS) is 27.6. The molecule has 0 bridgehead atoms. The lowest BCUT2D eigenvalue weighted by Crippen LogP contribution is -2.50. The second kappa shape index (κ2) is 9.63. The van der Waals surface area contributed by atoms with Crippen molar-refractivity contribution in [1.29, 1.82) is 0 Å². The average molecular weight is 522 g/mol. The highest BCUT2D eigenvalue weighted by molar-refractivity contribution is 5.80. The zero-order valence-electron chi connectivity index (χ0n) is 20.0. The van der Waals surface area contributed by atoms with Crippen LogP contribution in [-0.2, 0) is 21.7 Å². The van der Waals surface area contributed by atoms with Gasteiger partial charge in [0.2, 0.25) is 5.91 Å². The summed E-state index contributed by atoms with van der Waals surface area (Å²) in [5, 5.41) is 0. The van der Waals surface area contributed by atoms with Gasteiger partial charge in [-0.3, -0.25) is 9.59 Å². The van der Waals surface area contributed by atoms with Crippen molar-refractivity contribution in [3.8, 4) is 0 Å². The number of amides is 1. The summed E-state index contributed by atoms with van der Waals surface area (Å²) in [5.41, 5.74) is -6.04. The number of aryl methyl sites for hydroxylation is 1. The second-order valence-electron chi connectivity index (χ2n) is 10.5. The predicted molar refractivity (Wildman–Crippen MR) is 118 cm³/mol. The molecule has 1 aromatic carbocycles. The predicted octanol–water partition coefficient (Wildman–Crippen LogP) is 6.78. The molecular weight excluding hydrogens is 491 g/mol. The fourth-order valence-corrected chi connectivity index (χ4v) is 6.40. The molecule has 4 rings (SSSR count). The van der Waals surface area contributed by atoms with Crippen LogP contribution in [0.25, 0.3) is 0 Å². The molecule has 1 aromatic rings. The number of likely N-dealkylation sites (tertiary alicyclic amines) is 1. The van der Waals surface area contributed by atoms with Crippen LogP contribution in [0.15, 0.2) is 18.2 Å². The van der Waals surface area contributed by atoms with E-state index in [0.29, 0.717) is 49.9 Å². The number of fused-ring (bicyclic) bond motifs is 3. The minimum atomic E-state index is -6.15. The minimum Gasteiger partial charge on any atom is -0.339 e. The molecule has 0 N–H and O–H groups in total. The van der Waals surface area contributed by atoms with Gasteiger partial charge >= 0.3 is 18.0 Å². The highest BCUT2D eigenvalue weighted by atomic mass is 19.4. The van der Waals surface area contributed by atoms with Gasteiger partial charge in [-0.2, -0.15) is 26.3 Å². The Morgan fingerprint density at radius 2 is 1.44 bits per heavy atom. The van der Waals surface area contributed by atoms with E-state index in [0.717, 1.165) is 25.7 Å². The molecule has 1 aliphatic heterocycles. The lowest BCUT2D eigenvalue weighted by Gasteiger charge is -2.36. The Morgan fingerprint density at radius 3 is 2.06 bits per heavy atom. The fraction of sp³-hybridized carbons (Fsp3) is 0.692. The van der Waals surface area contributed by atoms with E-state index in [2.05, 4.69) is 0 Å². The molecule has 2 unspecified atom stereocenters. The maximum atomic E-state index is 14.6. The van der Waals surface area contributed by atoms with E-state index in [4.69, 9.17) is 0 Å². The first kappa shape index (κ1) is 26.9. The van der Waals surface area contributed by atoms with Crippen LogP contribution in [0, 0.1) is 11.8 Å². The van der Waals surface area contributed by atoms with E-state index in [1.54, 1.807) is 6.92 Å². The van der Waals surface area contributed by atoms with Crippen LogP contribution in [0.2, 0.25) is 0 Å². The Morgan fingerprint density at radius 1 is 0.833 bits per heavy atom. The minimum absolute atomic E-state index is 0.0173. The maximum Gasteiger partial charge on any atom is 0.435 e. The number of Topliss-reactive ketones (excluding diaryl/α,β-unsaturated/α-hetero) is 1. The van der Waals surface area contributed by atoms with Gasteiger partial charge in [-0.05, 0) is 63.0 Å². The van der Waals surface area contributed by atoms with Crippen molar-refractivity contribution in [2.75, 3.05) is 6.54 Å². The van der Waals surface area contributed by atoms with Crippen LogP contribution < -0.4 is 0 Å². The number of halogens is 7. The van der Waals surface area contributed by atoms with E-state index < -0.39 is 23.6 Å². The van der Waals surface area contributed by atoms with Crippen molar-refractivity contribution in [2.45, 2.75) is 94.7 Å². The number of rotatable bonds is 3. The first-order valence-corrected chi connectivity index (χ1v) is 12.5. The third-order valence-electron chi connectivity index (χ3n) is 8.40. The van der Waals surface area contributed by atoms with Crippen molar-refractivity contribution < 1.29 is 40.3 Å². The Bertz CT molecular complexity index is 989. The van der Waals surface area contributed by atoms with Gasteiger partial charge in [-0.25, -0.2) is 4.39 Å².